The fraction of sp³-hybridized carbons (Fsp3) is 0.529. The highest BCUT2D eigenvalue weighted by atomic mass is 35.5. The molecule has 0 saturated heterocycles. The number of hydrogen-bond acceptors (Lipinski definition) is 7. The molecule has 0 aliphatic heterocycles. The van der Waals surface area contributed by atoms with Crippen LogP contribution in [0.2, 0.25) is 5.15 Å². The molecule has 2 unspecified atom stereocenters. The van der Waals surface area contributed by atoms with Gasteiger partial charge in [0.1, 0.15) is 16.2 Å². The number of rotatable bonds is 9. The van der Waals surface area contributed by atoms with Crippen LogP contribution in [0, 0.1) is 11.7 Å². The molecule has 13 heteroatoms. The first-order valence-electron chi connectivity index (χ1n) is 9.02. The van der Waals surface area contributed by atoms with E-state index in [4.69, 9.17) is 11.6 Å². The van der Waals surface area contributed by atoms with Crippen LogP contribution < -0.4 is 9.63 Å². The number of anilines is 1. The Labute approximate surface area is 180 Å². The number of hydrogen-bond donors (Lipinski definition) is 2. The van der Waals surface area contributed by atoms with Gasteiger partial charge in [-0.1, -0.05) is 22.9 Å². The van der Waals surface area contributed by atoms with Gasteiger partial charge in [-0.2, -0.15) is 0 Å². The number of nitrogens with zero attached hydrogens (tertiary/aromatic N) is 3. The molecule has 3 rings (SSSR count). The molecule has 0 amide bonds. The van der Waals surface area contributed by atoms with Gasteiger partial charge in [-0.15, -0.1) is 0 Å². The minimum atomic E-state index is -3.75. The monoisotopic (exact) mass is 486 g/mol. The number of pyridine rings is 1. The third-order valence-electron chi connectivity index (χ3n) is 4.70. The Hall–Kier alpha value is -1.63. The molecule has 7 nitrogen and oxygen atoms in total. The van der Waals surface area contributed by atoms with E-state index in [2.05, 4.69) is 4.98 Å². The quantitative estimate of drug-likeness (QED) is 0.321. The number of sulfone groups is 1. The second kappa shape index (κ2) is 8.48. The molecule has 0 bridgehead atoms. The van der Waals surface area contributed by atoms with Gasteiger partial charge in [0.25, 0.3) is 12.1 Å². The molecule has 30 heavy (non-hydrogen) atoms. The second-order valence-corrected chi connectivity index (χ2v) is 10.6. The summed E-state index contributed by atoms with van der Waals surface area (Å²) in [5.41, 5.74) is 0.258. The number of thiazole rings is 1. The average molecular weight is 487 g/mol. The van der Waals surface area contributed by atoms with Crippen molar-refractivity contribution in [2.75, 3.05) is 23.0 Å². The summed E-state index contributed by atoms with van der Waals surface area (Å²) in [6.07, 6.45) is 0.220. The van der Waals surface area contributed by atoms with E-state index in [9.17, 15) is 31.9 Å². The van der Waals surface area contributed by atoms with Gasteiger partial charge in [-0.3, -0.25) is 5.21 Å². The Kier molecular flexibility index (Phi) is 6.51. The van der Waals surface area contributed by atoms with Gasteiger partial charge in [0, 0.05) is 30.0 Å². The lowest BCUT2D eigenvalue weighted by Crippen LogP contribution is -2.36. The molecule has 166 valence electrons. The summed E-state index contributed by atoms with van der Waals surface area (Å²) >= 11 is 7.20. The molecule has 1 saturated carbocycles. The minimum absolute atomic E-state index is 0.0186. The zero-order chi connectivity index (χ0) is 22.3. The van der Waals surface area contributed by atoms with Crippen molar-refractivity contribution in [3.8, 4) is 10.6 Å². The van der Waals surface area contributed by atoms with Gasteiger partial charge in [-0.05, 0) is 13.0 Å². The third-order valence-corrected chi connectivity index (χ3v) is 7.98. The lowest BCUT2D eigenvalue weighted by molar-refractivity contribution is -0.905. The van der Waals surface area contributed by atoms with E-state index >= 15 is 0 Å². The number of alkyl halides is 2. The number of halogens is 4. The second-order valence-electron chi connectivity index (χ2n) is 7.07. The molecule has 2 aromatic heterocycles. The third kappa shape index (κ3) is 5.34. The van der Waals surface area contributed by atoms with Crippen LogP contribution in [0.5, 0.6) is 0 Å². The van der Waals surface area contributed by atoms with Gasteiger partial charge in [0.2, 0.25) is 6.20 Å². The van der Waals surface area contributed by atoms with Crippen LogP contribution in [-0.4, -0.2) is 53.9 Å². The van der Waals surface area contributed by atoms with Gasteiger partial charge < -0.3 is 10.0 Å². The molecule has 1 aliphatic rings. The van der Waals surface area contributed by atoms with Crippen LogP contribution in [-0.2, 0) is 9.84 Å². The highest BCUT2D eigenvalue weighted by Crippen LogP contribution is 2.49. The van der Waals surface area contributed by atoms with Crippen molar-refractivity contribution < 1.29 is 36.6 Å². The van der Waals surface area contributed by atoms with Crippen molar-refractivity contribution in [1.29, 1.82) is 0 Å². The summed E-state index contributed by atoms with van der Waals surface area (Å²) in [4.78, 5) is 5.55. The first-order valence-corrected chi connectivity index (χ1v) is 12.0. The van der Waals surface area contributed by atoms with Crippen LogP contribution in [0.25, 0.3) is 10.6 Å². The molecular weight excluding hydrogens is 467 g/mol. The molecular formula is C17H20ClF3N3O4S2+. The summed E-state index contributed by atoms with van der Waals surface area (Å²) < 4.78 is 64.2. The van der Waals surface area contributed by atoms with Crippen molar-refractivity contribution in [2.45, 2.75) is 31.9 Å². The van der Waals surface area contributed by atoms with Crippen LogP contribution >= 0.6 is 22.9 Å². The van der Waals surface area contributed by atoms with E-state index in [1.165, 1.54) is 11.1 Å². The van der Waals surface area contributed by atoms with Crippen molar-refractivity contribution in [3.05, 3.63) is 29.4 Å². The molecule has 2 N–H and O–H groups in total. The topological polar surface area (TPSA) is 94.6 Å². The largest absolute Gasteiger partial charge is 0.374 e. The van der Waals surface area contributed by atoms with Gasteiger partial charge in [-0.25, -0.2) is 26.6 Å². The smallest absolute Gasteiger partial charge is 0.257 e. The predicted molar refractivity (Wildman–Crippen MR) is 105 cm³/mol. The van der Waals surface area contributed by atoms with Gasteiger partial charge in [0.05, 0.1) is 17.1 Å². The molecule has 1 fully saturated rings. The van der Waals surface area contributed by atoms with E-state index in [-0.39, 0.29) is 28.7 Å². The Morgan fingerprint density at radius 2 is 2.13 bits per heavy atom. The molecule has 0 spiro atoms. The van der Waals surface area contributed by atoms with E-state index in [0.717, 1.165) is 23.6 Å². The summed E-state index contributed by atoms with van der Waals surface area (Å²) in [5, 5.41) is 20.6. The summed E-state index contributed by atoms with van der Waals surface area (Å²) in [5.74, 6) is -5.82. The van der Waals surface area contributed by atoms with Crippen molar-refractivity contribution in [1.82, 2.24) is 4.98 Å². The fourth-order valence-corrected chi connectivity index (χ4v) is 6.13. The van der Waals surface area contributed by atoms with Crippen LogP contribution in [0.4, 0.5) is 18.2 Å². The number of aliphatic hydroxyl groups excluding tert-OH is 1. The maximum Gasteiger partial charge on any atom is 0.257 e. The summed E-state index contributed by atoms with van der Waals surface area (Å²) in [7, 11) is -3.75. The molecule has 0 radical (unpaired) electrons. The normalized spacial score (nSPS) is 18.9. The maximum atomic E-state index is 13.5. The highest BCUT2D eigenvalue weighted by molar-refractivity contribution is 7.91. The molecule has 1 aliphatic carbocycles. The zero-order valence-electron chi connectivity index (χ0n) is 15.8. The lowest BCUT2D eigenvalue weighted by Gasteiger charge is -2.27. The average Bonchev–Trinajstić information content (AvgIpc) is 3.03. The van der Waals surface area contributed by atoms with Gasteiger partial charge in [0.15, 0.2) is 20.8 Å². The van der Waals surface area contributed by atoms with Gasteiger partial charge >= 0.3 is 0 Å². The summed E-state index contributed by atoms with van der Waals surface area (Å²) in [6.45, 7) is 1.97. The molecule has 0 aromatic carbocycles. The Balaban J connectivity index is 1.71. The van der Waals surface area contributed by atoms with Crippen LogP contribution in [0.15, 0.2) is 18.5 Å². The first kappa shape index (κ1) is 23.0. The number of aromatic nitrogens is 2. The van der Waals surface area contributed by atoms with E-state index < -0.39 is 51.6 Å². The Bertz CT molecular complexity index is 1020. The predicted octanol–water partition coefficient (Wildman–Crippen LogP) is 2.73. The van der Waals surface area contributed by atoms with E-state index in [1.807, 2.05) is 0 Å². The first-order chi connectivity index (χ1) is 13.9. The molecule has 2 heterocycles. The highest BCUT2D eigenvalue weighted by Gasteiger charge is 2.58. The maximum absolute atomic E-state index is 13.5. The van der Waals surface area contributed by atoms with Crippen LogP contribution in [0.3, 0.4) is 0 Å². The Morgan fingerprint density at radius 3 is 2.70 bits per heavy atom. The van der Waals surface area contributed by atoms with Crippen molar-refractivity contribution >= 4 is 37.8 Å². The molecule has 2 atom stereocenters. The zero-order valence-corrected chi connectivity index (χ0v) is 18.2. The van der Waals surface area contributed by atoms with Crippen molar-refractivity contribution in [2.24, 2.45) is 5.92 Å². The number of aliphatic hydroxyl groups is 1. The SMILES string of the molecule is CCN(c1sc(-c2cc(F)c[n+](O)c2)nc1Cl)C(O)CCS(=O)(=O)CC1CC1(F)F. The molecule has 2 aromatic rings. The van der Waals surface area contributed by atoms with E-state index in [1.54, 1.807) is 6.92 Å². The van der Waals surface area contributed by atoms with Crippen molar-refractivity contribution in [3.63, 3.8) is 0 Å². The minimum Gasteiger partial charge on any atom is -0.374 e. The van der Waals surface area contributed by atoms with Crippen LogP contribution in [0.1, 0.15) is 19.8 Å². The fourth-order valence-electron chi connectivity index (χ4n) is 3.01. The Morgan fingerprint density at radius 1 is 1.47 bits per heavy atom. The lowest BCUT2D eigenvalue weighted by atomic mass is 10.3. The van der Waals surface area contributed by atoms with E-state index in [0.29, 0.717) is 9.73 Å². The standard InChI is InChI=1S/C17H20ClF3N3O4S2/c1-2-24(13(25)3-4-30(27,28)9-11-6-17(11,20)21)16-14(18)22-15(29-16)10-5-12(19)8-23(26)7-10/h5,7-8,11,13,25-26H,2-4,6,9H2,1H3/q+1. The summed E-state index contributed by atoms with van der Waals surface area (Å²) in [6, 6.07) is 1.15.